The Morgan fingerprint density at radius 1 is 1.05 bits per heavy atom. The van der Waals surface area contributed by atoms with E-state index >= 15 is 0 Å². The van der Waals surface area contributed by atoms with Crippen molar-refractivity contribution in [3.05, 3.63) is 65.7 Å². The van der Waals surface area contributed by atoms with Crippen molar-refractivity contribution < 1.29 is 14.3 Å². The summed E-state index contributed by atoms with van der Waals surface area (Å²) in [5.74, 6) is -0.865. The van der Waals surface area contributed by atoms with Crippen LogP contribution in [0.2, 0.25) is 0 Å². The summed E-state index contributed by atoms with van der Waals surface area (Å²) >= 11 is 0. The first-order valence-electron chi connectivity index (χ1n) is 6.62. The van der Waals surface area contributed by atoms with Crippen molar-refractivity contribution >= 4 is 5.78 Å². The van der Waals surface area contributed by atoms with Crippen molar-refractivity contribution in [3.63, 3.8) is 0 Å². The normalized spacial score (nSPS) is 24.9. The average Bonchev–Trinajstić information content (AvgIpc) is 2.52. The third-order valence-electron chi connectivity index (χ3n) is 3.86. The SMILES string of the molecule is CO[C@]1(c2ccccc2)Oc2ccccc2C(=O)[C@@H]1C. The Kier molecular flexibility index (Phi) is 3.07. The topological polar surface area (TPSA) is 35.5 Å². The quantitative estimate of drug-likeness (QED) is 0.837. The second kappa shape index (κ2) is 4.76. The lowest BCUT2D eigenvalue weighted by Gasteiger charge is -2.41. The van der Waals surface area contributed by atoms with Crippen LogP contribution in [0.5, 0.6) is 5.75 Å². The first-order valence-corrected chi connectivity index (χ1v) is 6.62. The lowest BCUT2D eigenvalue weighted by atomic mass is 9.84. The van der Waals surface area contributed by atoms with E-state index in [0.717, 1.165) is 5.56 Å². The van der Waals surface area contributed by atoms with Crippen LogP contribution in [0.3, 0.4) is 0 Å². The zero-order valence-electron chi connectivity index (χ0n) is 11.5. The molecular formula is C17H16O3. The molecule has 0 unspecified atom stereocenters. The minimum Gasteiger partial charge on any atom is -0.456 e. The number of fused-ring (bicyclic) bond motifs is 1. The summed E-state index contributed by atoms with van der Waals surface area (Å²) in [6, 6.07) is 16.9. The number of rotatable bonds is 2. The second-order valence-corrected chi connectivity index (χ2v) is 4.92. The molecule has 0 aromatic heterocycles. The molecule has 2 aromatic rings. The molecule has 0 N–H and O–H groups in total. The van der Waals surface area contributed by atoms with Crippen LogP contribution in [0.15, 0.2) is 54.6 Å². The van der Waals surface area contributed by atoms with Crippen LogP contribution in [0, 0.1) is 5.92 Å². The highest BCUT2D eigenvalue weighted by Crippen LogP contribution is 2.43. The molecule has 1 heterocycles. The third kappa shape index (κ3) is 1.74. The fourth-order valence-corrected chi connectivity index (χ4v) is 2.73. The number of hydrogen-bond acceptors (Lipinski definition) is 3. The van der Waals surface area contributed by atoms with Crippen LogP contribution in [-0.2, 0) is 10.5 Å². The van der Waals surface area contributed by atoms with Gasteiger partial charge in [0.1, 0.15) is 5.75 Å². The van der Waals surface area contributed by atoms with Crippen molar-refractivity contribution in [1.82, 2.24) is 0 Å². The maximum atomic E-state index is 12.6. The molecule has 20 heavy (non-hydrogen) atoms. The van der Waals surface area contributed by atoms with Gasteiger partial charge in [0.05, 0.1) is 11.5 Å². The van der Waals surface area contributed by atoms with Gasteiger partial charge in [0.2, 0.25) is 5.79 Å². The second-order valence-electron chi connectivity index (χ2n) is 4.92. The first-order chi connectivity index (χ1) is 9.69. The van der Waals surface area contributed by atoms with E-state index in [4.69, 9.17) is 9.47 Å². The number of ether oxygens (including phenoxy) is 2. The third-order valence-corrected chi connectivity index (χ3v) is 3.86. The van der Waals surface area contributed by atoms with E-state index in [1.54, 1.807) is 19.2 Å². The Labute approximate surface area is 118 Å². The van der Waals surface area contributed by atoms with Crippen molar-refractivity contribution in [1.29, 1.82) is 0 Å². The van der Waals surface area contributed by atoms with Crippen LogP contribution in [0.25, 0.3) is 0 Å². The molecule has 0 fully saturated rings. The summed E-state index contributed by atoms with van der Waals surface area (Å²) in [4.78, 5) is 12.6. The maximum absolute atomic E-state index is 12.6. The van der Waals surface area contributed by atoms with Crippen LogP contribution in [0.4, 0.5) is 0 Å². The van der Waals surface area contributed by atoms with Gasteiger partial charge < -0.3 is 9.47 Å². The van der Waals surface area contributed by atoms with Gasteiger partial charge in [-0.15, -0.1) is 0 Å². The van der Waals surface area contributed by atoms with Gasteiger partial charge >= 0.3 is 0 Å². The molecule has 0 bridgehead atoms. The zero-order chi connectivity index (χ0) is 14.2. The predicted molar refractivity (Wildman–Crippen MR) is 75.7 cm³/mol. The molecule has 3 heteroatoms. The Morgan fingerprint density at radius 3 is 2.40 bits per heavy atom. The van der Waals surface area contributed by atoms with Gasteiger partial charge in [-0.2, -0.15) is 0 Å². The molecule has 2 atom stereocenters. The molecule has 0 amide bonds. The van der Waals surface area contributed by atoms with E-state index in [9.17, 15) is 4.79 Å². The van der Waals surface area contributed by atoms with Crippen LogP contribution in [0.1, 0.15) is 22.8 Å². The number of Topliss-reactive ketones (excluding diaryl/α,β-unsaturated/α-hetero) is 1. The molecule has 0 saturated heterocycles. The van der Waals surface area contributed by atoms with Crippen LogP contribution in [-0.4, -0.2) is 12.9 Å². The van der Waals surface area contributed by atoms with E-state index in [1.807, 2.05) is 49.4 Å². The molecule has 0 spiro atoms. The van der Waals surface area contributed by atoms with Gasteiger partial charge in [-0.25, -0.2) is 0 Å². The van der Waals surface area contributed by atoms with Crippen molar-refractivity contribution in [2.75, 3.05) is 7.11 Å². The standard InChI is InChI=1S/C17H16O3/c1-12-16(18)14-10-6-7-11-15(14)20-17(12,19-2)13-8-4-3-5-9-13/h3-12H,1-2H3/t12-,17-/m0/s1. The first kappa shape index (κ1) is 12.9. The van der Waals surface area contributed by atoms with E-state index < -0.39 is 11.7 Å². The largest absolute Gasteiger partial charge is 0.456 e. The Morgan fingerprint density at radius 2 is 1.70 bits per heavy atom. The maximum Gasteiger partial charge on any atom is 0.247 e. The Hall–Kier alpha value is -2.13. The molecule has 3 rings (SSSR count). The highest BCUT2D eigenvalue weighted by molar-refractivity contribution is 6.01. The van der Waals surface area contributed by atoms with E-state index in [2.05, 4.69) is 0 Å². The summed E-state index contributed by atoms with van der Waals surface area (Å²) < 4.78 is 11.8. The number of para-hydroxylation sites is 1. The minimum atomic E-state index is -1.06. The lowest BCUT2D eigenvalue weighted by Crippen LogP contribution is -2.48. The van der Waals surface area contributed by atoms with E-state index in [1.165, 1.54) is 0 Å². The molecule has 2 aromatic carbocycles. The number of hydrogen-bond donors (Lipinski definition) is 0. The van der Waals surface area contributed by atoms with Gasteiger partial charge in [-0.1, -0.05) is 42.5 Å². The number of carbonyl (C=O) groups is 1. The number of benzene rings is 2. The Bertz CT molecular complexity index is 636. The van der Waals surface area contributed by atoms with Crippen LogP contribution >= 0.6 is 0 Å². The number of methoxy groups -OCH3 is 1. The molecule has 1 aliphatic rings. The molecule has 1 aliphatic heterocycles. The smallest absolute Gasteiger partial charge is 0.247 e. The van der Waals surface area contributed by atoms with E-state index in [-0.39, 0.29) is 5.78 Å². The van der Waals surface area contributed by atoms with Gasteiger partial charge in [-0.05, 0) is 19.1 Å². The van der Waals surface area contributed by atoms with Gasteiger partial charge in [0.25, 0.3) is 0 Å². The van der Waals surface area contributed by atoms with Gasteiger partial charge in [0.15, 0.2) is 5.78 Å². The lowest BCUT2D eigenvalue weighted by molar-refractivity contribution is -0.199. The summed E-state index contributed by atoms with van der Waals surface area (Å²) in [6.07, 6.45) is 0. The summed E-state index contributed by atoms with van der Waals surface area (Å²) in [6.45, 7) is 1.84. The number of carbonyl (C=O) groups excluding carboxylic acids is 1. The highest BCUT2D eigenvalue weighted by Gasteiger charge is 2.49. The summed E-state index contributed by atoms with van der Waals surface area (Å²) in [7, 11) is 1.57. The molecule has 3 nitrogen and oxygen atoms in total. The average molecular weight is 268 g/mol. The highest BCUT2D eigenvalue weighted by atomic mass is 16.7. The predicted octanol–water partition coefficient (Wildman–Crippen LogP) is 3.40. The van der Waals surface area contributed by atoms with Crippen molar-refractivity contribution in [2.45, 2.75) is 12.7 Å². The molecule has 0 aliphatic carbocycles. The molecule has 0 radical (unpaired) electrons. The zero-order valence-corrected chi connectivity index (χ0v) is 11.5. The van der Waals surface area contributed by atoms with Crippen molar-refractivity contribution in [2.24, 2.45) is 5.92 Å². The van der Waals surface area contributed by atoms with Gasteiger partial charge in [-0.3, -0.25) is 4.79 Å². The fraction of sp³-hybridized carbons (Fsp3) is 0.235. The minimum absolute atomic E-state index is 0.0394. The summed E-state index contributed by atoms with van der Waals surface area (Å²) in [5.41, 5.74) is 1.46. The van der Waals surface area contributed by atoms with Crippen LogP contribution < -0.4 is 4.74 Å². The van der Waals surface area contributed by atoms with E-state index in [0.29, 0.717) is 11.3 Å². The monoisotopic (exact) mass is 268 g/mol. The summed E-state index contributed by atoms with van der Waals surface area (Å²) in [5, 5.41) is 0. The fourth-order valence-electron chi connectivity index (χ4n) is 2.73. The number of ketones is 1. The Balaban J connectivity index is 2.17. The molecule has 102 valence electrons. The van der Waals surface area contributed by atoms with Gasteiger partial charge in [0, 0.05) is 12.7 Å². The van der Waals surface area contributed by atoms with Crippen molar-refractivity contribution in [3.8, 4) is 5.75 Å². The molecular weight excluding hydrogens is 252 g/mol. The molecule has 0 saturated carbocycles.